The fourth-order valence-corrected chi connectivity index (χ4v) is 3.38. The summed E-state index contributed by atoms with van der Waals surface area (Å²) in [6, 6.07) is 13.5. The number of aromatic nitrogens is 5. The van der Waals surface area contributed by atoms with E-state index in [1.54, 1.807) is 15.9 Å². The largest absolute Gasteiger partial charge is 0.354 e. The van der Waals surface area contributed by atoms with Crippen molar-refractivity contribution in [3.05, 3.63) is 55.1 Å². The Labute approximate surface area is 157 Å². The first-order chi connectivity index (χ1) is 13.2. The van der Waals surface area contributed by atoms with Crippen molar-refractivity contribution in [2.24, 2.45) is 5.92 Å². The quantitative estimate of drug-likeness (QED) is 0.705. The lowest BCUT2D eigenvalue weighted by atomic mass is 9.96. The van der Waals surface area contributed by atoms with Crippen LogP contribution >= 0.6 is 0 Å². The van der Waals surface area contributed by atoms with Crippen molar-refractivity contribution in [2.75, 3.05) is 29.9 Å². The maximum atomic E-state index is 12.9. The summed E-state index contributed by atoms with van der Waals surface area (Å²) >= 11 is 0. The maximum Gasteiger partial charge on any atom is 0.231 e. The Hall–Kier alpha value is -3.29. The molecule has 0 aliphatic carbocycles. The highest BCUT2D eigenvalue weighted by atomic mass is 16.2. The fourth-order valence-electron chi connectivity index (χ4n) is 3.38. The number of carbonyl (C=O) groups excluding carboxylic acids is 1. The van der Waals surface area contributed by atoms with Crippen molar-refractivity contribution < 1.29 is 4.79 Å². The van der Waals surface area contributed by atoms with Crippen molar-refractivity contribution in [1.29, 1.82) is 0 Å². The van der Waals surface area contributed by atoms with Crippen LogP contribution in [0.5, 0.6) is 0 Å². The van der Waals surface area contributed by atoms with Gasteiger partial charge in [-0.05, 0) is 37.1 Å². The lowest BCUT2D eigenvalue weighted by molar-refractivity contribution is -0.122. The van der Waals surface area contributed by atoms with E-state index in [0.29, 0.717) is 12.4 Å². The number of hydrogen-bond acceptors (Lipinski definition) is 6. The van der Waals surface area contributed by atoms with Crippen LogP contribution in [0.3, 0.4) is 0 Å². The summed E-state index contributed by atoms with van der Waals surface area (Å²) in [6.07, 6.45) is 4.88. The zero-order valence-electron chi connectivity index (χ0n) is 15.1. The van der Waals surface area contributed by atoms with Gasteiger partial charge < -0.3 is 9.80 Å². The average molecular weight is 363 g/mol. The Morgan fingerprint density at radius 3 is 2.59 bits per heavy atom. The smallest absolute Gasteiger partial charge is 0.231 e. The highest BCUT2D eigenvalue weighted by Gasteiger charge is 2.29. The number of rotatable bonds is 4. The Morgan fingerprint density at radius 2 is 1.89 bits per heavy atom. The lowest BCUT2D eigenvalue weighted by Gasteiger charge is -2.34. The number of benzene rings is 1. The molecule has 27 heavy (non-hydrogen) atoms. The highest BCUT2D eigenvalue weighted by molar-refractivity contribution is 5.94. The molecule has 2 aromatic heterocycles. The zero-order chi connectivity index (χ0) is 18.6. The highest BCUT2D eigenvalue weighted by Crippen LogP contribution is 2.24. The third-order valence-corrected chi connectivity index (χ3v) is 4.86. The molecule has 1 unspecified atom stereocenters. The molecule has 8 heteroatoms. The molecule has 1 aliphatic rings. The summed E-state index contributed by atoms with van der Waals surface area (Å²) in [5.41, 5.74) is 0.914. The molecule has 138 valence electrons. The van der Waals surface area contributed by atoms with E-state index in [1.807, 2.05) is 49.5 Å². The molecule has 4 rings (SSSR count). The number of nitrogens with zero attached hydrogens (tertiary/aromatic N) is 7. The summed E-state index contributed by atoms with van der Waals surface area (Å²) in [6.45, 7) is 1.52. The van der Waals surface area contributed by atoms with E-state index < -0.39 is 0 Å². The second kappa shape index (κ2) is 7.53. The summed E-state index contributed by atoms with van der Waals surface area (Å²) in [4.78, 5) is 20.7. The number of amides is 1. The van der Waals surface area contributed by atoms with E-state index in [1.165, 1.54) is 6.33 Å². The first-order valence-corrected chi connectivity index (χ1v) is 8.98. The molecule has 1 aliphatic heterocycles. The fraction of sp³-hybridized carbons (Fsp3) is 0.316. The topological polar surface area (TPSA) is 80.0 Å². The summed E-state index contributed by atoms with van der Waals surface area (Å²) in [7, 11) is 1.84. The van der Waals surface area contributed by atoms with Crippen LogP contribution in [0, 0.1) is 5.92 Å². The van der Waals surface area contributed by atoms with Crippen LogP contribution in [0.1, 0.15) is 12.8 Å². The predicted molar refractivity (Wildman–Crippen MR) is 102 cm³/mol. The maximum absolute atomic E-state index is 12.9. The van der Waals surface area contributed by atoms with E-state index in [0.717, 1.165) is 30.9 Å². The van der Waals surface area contributed by atoms with Crippen LogP contribution in [0.25, 0.3) is 5.82 Å². The molecule has 0 spiro atoms. The predicted octanol–water partition coefficient (Wildman–Crippen LogP) is 1.94. The van der Waals surface area contributed by atoms with Crippen LogP contribution < -0.4 is 9.80 Å². The van der Waals surface area contributed by atoms with E-state index >= 15 is 0 Å². The third kappa shape index (κ3) is 3.64. The molecule has 1 saturated heterocycles. The van der Waals surface area contributed by atoms with Gasteiger partial charge in [0.05, 0.1) is 5.92 Å². The van der Waals surface area contributed by atoms with Crippen LogP contribution in [0.2, 0.25) is 0 Å². The third-order valence-electron chi connectivity index (χ3n) is 4.86. The van der Waals surface area contributed by atoms with Gasteiger partial charge in [-0.3, -0.25) is 4.79 Å². The van der Waals surface area contributed by atoms with Gasteiger partial charge in [0.25, 0.3) is 0 Å². The van der Waals surface area contributed by atoms with E-state index in [9.17, 15) is 4.79 Å². The Morgan fingerprint density at radius 1 is 1.11 bits per heavy atom. The zero-order valence-corrected chi connectivity index (χ0v) is 15.1. The number of para-hydroxylation sites is 1. The van der Waals surface area contributed by atoms with Gasteiger partial charge in [-0.25, -0.2) is 9.67 Å². The molecule has 1 atom stereocenters. The first kappa shape index (κ1) is 17.1. The van der Waals surface area contributed by atoms with E-state index in [2.05, 4.69) is 25.2 Å². The first-order valence-electron chi connectivity index (χ1n) is 8.98. The number of piperidine rings is 1. The van der Waals surface area contributed by atoms with Crippen LogP contribution in [0.4, 0.5) is 11.5 Å². The summed E-state index contributed by atoms with van der Waals surface area (Å²) in [5, 5.41) is 12.6. The van der Waals surface area contributed by atoms with Crippen LogP contribution in [0.15, 0.2) is 55.1 Å². The van der Waals surface area contributed by atoms with Crippen LogP contribution in [-0.4, -0.2) is 51.0 Å². The second-order valence-electron chi connectivity index (χ2n) is 6.61. The Bertz CT molecular complexity index is 880. The van der Waals surface area contributed by atoms with E-state index in [4.69, 9.17) is 0 Å². The number of anilines is 2. The van der Waals surface area contributed by atoms with Gasteiger partial charge in [0, 0.05) is 25.8 Å². The standard InChI is InChI=1S/C19H21N7O/c1-24(16-7-3-2-4-8-16)19(27)15-6-5-11-25(12-15)17-9-10-18(23-22-17)26-14-20-13-21-26/h2-4,7-10,13-15H,5-6,11-12H2,1H3. The Kier molecular flexibility index (Phi) is 4.78. The molecule has 8 nitrogen and oxygen atoms in total. The lowest BCUT2D eigenvalue weighted by Crippen LogP contribution is -2.44. The number of carbonyl (C=O) groups is 1. The van der Waals surface area contributed by atoms with Gasteiger partial charge in [-0.2, -0.15) is 5.10 Å². The molecule has 3 aromatic rings. The molecule has 0 radical (unpaired) electrons. The molecule has 1 aromatic carbocycles. The van der Waals surface area contributed by atoms with Crippen molar-refractivity contribution in [1.82, 2.24) is 25.0 Å². The SMILES string of the molecule is CN(C(=O)C1CCCN(c2ccc(-n3cncn3)nn2)C1)c1ccccc1. The van der Waals surface area contributed by atoms with Gasteiger partial charge in [0.2, 0.25) is 5.91 Å². The molecule has 0 N–H and O–H groups in total. The average Bonchev–Trinajstić information content (AvgIpc) is 3.28. The monoisotopic (exact) mass is 363 g/mol. The number of hydrogen-bond donors (Lipinski definition) is 0. The second-order valence-corrected chi connectivity index (χ2v) is 6.61. The van der Waals surface area contributed by atoms with Gasteiger partial charge >= 0.3 is 0 Å². The van der Waals surface area contributed by atoms with Crippen molar-refractivity contribution in [3.8, 4) is 5.82 Å². The molecule has 1 amide bonds. The van der Waals surface area contributed by atoms with Gasteiger partial charge in [-0.1, -0.05) is 18.2 Å². The summed E-state index contributed by atoms with van der Waals surface area (Å²) in [5.74, 6) is 1.47. The molecular weight excluding hydrogens is 342 g/mol. The molecule has 0 saturated carbocycles. The van der Waals surface area contributed by atoms with Crippen molar-refractivity contribution >= 4 is 17.4 Å². The molecule has 0 bridgehead atoms. The minimum Gasteiger partial charge on any atom is -0.354 e. The minimum absolute atomic E-state index is 0.0549. The van der Waals surface area contributed by atoms with Crippen molar-refractivity contribution in [3.63, 3.8) is 0 Å². The Balaban J connectivity index is 1.45. The minimum atomic E-state index is -0.0549. The van der Waals surface area contributed by atoms with E-state index in [-0.39, 0.29) is 11.8 Å². The molecule has 1 fully saturated rings. The van der Waals surface area contributed by atoms with Gasteiger partial charge in [-0.15, -0.1) is 10.2 Å². The van der Waals surface area contributed by atoms with Crippen molar-refractivity contribution in [2.45, 2.75) is 12.8 Å². The van der Waals surface area contributed by atoms with Crippen LogP contribution in [-0.2, 0) is 4.79 Å². The molecule has 3 heterocycles. The van der Waals surface area contributed by atoms with Gasteiger partial charge in [0.1, 0.15) is 12.7 Å². The van der Waals surface area contributed by atoms with Gasteiger partial charge in [0.15, 0.2) is 11.6 Å². The molecular formula is C19H21N7O. The summed E-state index contributed by atoms with van der Waals surface area (Å²) < 4.78 is 1.56. The normalized spacial score (nSPS) is 16.9.